The average Bonchev–Trinajstić information content (AvgIpc) is 2.45. The van der Waals surface area contributed by atoms with E-state index >= 15 is 0 Å². The van der Waals surface area contributed by atoms with Crippen molar-refractivity contribution in [3.8, 4) is 0 Å². The summed E-state index contributed by atoms with van der Waals surface area (Å²) in [5.41, 5.74) is 6.02. The van der Waals surface area contributed by atoms with E-state index in [1.807, 2.05) is 0 Å². The number of carbonyl (C=O) groups excluding carboxylic acids is 1. The largest absolute Gasteiger partial charge is 0.343 e. The summed E-state index contributed by atoms with van der Waals surface area (Å²) in [7, 11) is 0. The van der Waals surface area contributed by atoms with Crippen LogP contribution in [0.2, 0.25) is 0 Å². The van der Waals surface area contributed by atoms with Gasteiger partial charge < -0.3 is 10.6 Å². The van der Waals surface area contributed by atoms with Gasteiger partial charge in [0.1, 0.15) is 0 Å². The molecule has 116 valence electrons. The highest BCUT2D eigenvalue weighted by Gasteiger charge is 2.25. The van der Waals surface area contributed by atoms with E-state index in [1.165, 1.54) is 32.1 Å². The molecule has 0 bridgehead atoms. The predicted molar refractivity (Wildman–Crippen MR) is 83.3 cm³/mol. The summed E-state index contributed by atoms with van der Waals surface area (Å²) in [6.45, 7) is 6.56. The zero-order chi connectivity index (χ0) is 14.5. The monoisotopic (exact) mass is 280 g/mol. The first-order valence-electron chi connectivity index (χ1n) is 8.59. The van der Waals surface area contributed by atoms with Crippen LogP contribution in [0.3, 0.4) is 0 Å². The molecule has 2 unspecified atom stereocenters. The zero-order valence-electron chi connectivity index (χ0n) is 13.3. The lowest BCUT2D eigenvalue weighted by molar-refractivity contribution is -0.133. The average molecular weight is 280 g/mol. The highest BCUT2D eigenvalue weighted by Crippen LogP contribution is 2.28. The number of nitrogens with zero attached hydrogens (tertiary/aromatic N) is 1. The minimum atomic E-state index is 0.380. The Balaban J connectivity index is 1.68. The number of nitrogens with two attached hydrogens (primary N) is 1. The van der Waals surface area contributed by atoms with Gasteiger partial charge in [-0.15, -0.1) is 0 Å². The van der Waals surface area contributed by atoms with Crippen LogP contribution in [-0.2, 0) is 4.79 Å². The summed E-state index contributed by atoms with van der Waals surface area (Å²) >= 11 is 0. The quantitative estimate of drug-likeness (QED) is 0.859. The van der Waals surface area contributed by atoms with Crippen molar-refractivity contribution in [2.75, 3.05) is 13.1 Å². The van der Waals surface area contributed by atoms with Crippen LogP contribution < -0.4 is 5.73 Å². The molecule has 3 nitrogen and oxygen atoms in total. The molecule has 20 heavy (non-hydrogen) atoms. The molecule has 2 atom stereocenters. The second-order valence-electron chi connectivity index (χ2n) is 7.29. The minimum absolute atomic E-state index is 0.380. The van der Waals surface area contributed by atoms with Gasteiger partial charge in [-0.2, -0.15) is 0 Å². The van der Waals surface area contributed by atoms with Crippen LogP contribution in [0.15, 0.2) is 0 Å². The molecule has 0 aromatic carbocycles. The highest BCUT2D eigenvalue weighted by atomic mass is 16.2. The van der Waals surface area contributed by atoms with E-state index in [2.05, 4.69) is 18.7 Å². The molecule has 2 aliphatic rings. The van der Waals surface area contributed by atoms with Crippen LogP contribution in [0.25, 0.3) is 0 Å². The number of carbonyl (C=O) groups is 1. The van der Waals surface area contributed by atoms with Crippen LogP contribution in [0.1, 0.15) is 65.2 Å². The number of rotatable bonds is 4. The van der Waals surface area contributed by atoms with Crippen molar-refractivity contribution in [3.05, 3.63) is 0 Å². The fourth-order valence-electron chi connectivity index (χ4n) is 3.90. The van der Waals surface area contributed by atoms with Gasteiger partial charge >= 0.3 is 0 Å². The molecule has 0 aromatic rings. The fourth-order valence-corrected chi connectivity index (χ4v) is 3.90. The first-order chi connectivity index (χ1) is 9.56. The van der Waals surface area contributed by atoms with Crippen LogP contribution >= 0.6 is 0 Å². The van der Waals surface area contributed by atoms with E-state index in [4.69, 9.17) is 5.73 Å². The number of amides is 1. The van der Waals surface area contributed by atoms with E-state index < -0.39 is 0 Å². The maximum atomic E-state index is 12.3. The summed E-state index contributed by atoms with van der Waals surface area (Å²) in [6.07, 6.45) is 9.00. The first-order valence-corrected chi connectivity index (χ1v) is 8.59. The van der Waals surface area contributed by atoms with Gasteiger partial charge in [0.25, 0.3) is 0 Å². The van der Waals surface area contributed by atoms with Crippen molar-refractivity contribution < 1.29 is 4.79 Å². The number of hydrogen-bond acceptors (Lipinski definition) is 2. The third kappa shape index (κ3) is 4.47. The maximum absolute atomic E-state index is 12.3. The molecule has 2 N–H and O–H groups in total. The van der Waals surface area contributed by atoms with Crippen molar-refractivity contribution >= 4 is 5.91 Å². The van der Waals surface area contributed by atoms with Crippen LogP contribution in [0.4, 0.5) is 0 Å². The zero-order valence-corrected chi connectivity index (χ0v) is 13.3. The van der Waals surface area contributed by atoms with Crippen LogP contribution in [0.5, 0.6) is 0 Å². The molecule has 2 fully saturated rings. The van der Waals surface area contributed by atoms with E-state index in [-0.39, 0.29) is 0 Å². The van der Waals surface area contributed by atoms with Gasteiger partial charge in [0.15, 0.2) is 0 Å². The summed E-state index contributed by atoms with van der Waals surface area (Å²) in [6, 6.07) is 0.380. The normalized spacial score (nSPS) is 28.9. The summed E-state index contributed by atoms with van der Waals surface area (Å²) < 4.78 is 0. The van der Waals surface area contributed by atoms with Gasteiger partial charge in [-0.25, -0.2) is 0 Å². The van der Waals surface area contributed by atoms with Gasteiger partial charge in [-0.05, 0) is 49.9 Å². The Kier molecular flexibility index (Phi) is 5.88. The molecule has 1 saturated carbocycles. The Morgan fingerprint density at radius 3 is 2.50 bits per heavy atom. The van der Waals surface area contributed by atoms with Gasteiger partial charge in [0, 0.05) is 25.6 Å². The number of likely N-dealkylation sites (tertiary alicyclic amines) is 1. The molecule has 0 radical (unpaired) electrons. The molecule has 2 rings (SSSR count). The molecule has 0 spiro atoms. The molecule has 0 aromatic heterocycles. The Labute approximate surface area is 124 Å². The smallest absolute Gasteiger partial charge is 0.222 e. The highest BCUT2D eigenvalue weighted by molar-refractivity contribution is 5.76. The lowest BCUT2D eigenvalue weighted by Gasteiger charge is -2.34. The van der Waals surface area contributed by atoms with Crippen molar-refractivity contribution in [1.82, 2.24) is 4.90 Å². The molecule has 1 saturated heterocycles. The molecule has 1 aliphatic carbocycles. The lowest BCUT2D eigenvalue weighted by Crippen LogP contribution is -2.39. The number of piperidine rings is 1. The van der Waals surface area contributed by atoms with Crippen molar-refractivity contribution in [1.29, 1.82) is 0 Å². The SMILES string of the molecule is CC(C)C1CCN(C(=O)CCC2CCCC(N)C2)CC1. The van der Waals surface area contributed by atoms with Gasteiger partial charge in [0.05, 0.1) is 0 Å². The van der Waals surface area contributed by atoms with Crippen molar-refractivity contribution in [3.63, 3.8) is 0 Å². The standard InChI is InChI=1S/C17H32N2O/c1-13(2)15-8-10-19(11-9-15)17(20)7-6-14-4-3-5-16(18)12-14/h13-16H,3-12,18H2,1-2H3. The summed E-state index contributed by atoms with van der Waals surface area (Å²) in [5.74, 6) is 2.65. The Morgan fingerprint density at radius 2 is 1.90 bits per heavy atom. The molecule has 1 amide bonds. The predicted octanol–water partition coefficient (Wildman–Crippen LogP) is 3.18. The van der Waals surface area contributed by atoms with Crippen molar-refractivity contribution in [2.45, 2.75) is 71.3 Å². The van der Waals surface area contributed by atoms with Gasteiger partial charge in [0.2, 0.25) is 5.91 Å². The second-order valence-corrected chi connectivity index (χ2v) is 7.29. The second kappa shape index (κ2) is 7.44. The Hall–Kier alpha value is -0.570. The Morgan fingerprint density at radius 1 is 1.20 bits per heavy atom. The minimum Gasteiger partial charge on any atom is -0.343 e. The Bertz CT molecular complexity index is 308. The third-order valence-corrected chi connectivity index (χ3v) is 5.42. The molecule has 1 aliphatic heterocycles. The van der Waals surface area contributed by atoms with Crippen LogP contribution in [0, 0.1) is 17.8 Å². The molecular weight excluding hydrogens is 248 g/mol. The van der Waals surface area contributed by atoms with Crippen molar-refractivity contribution in [2.24, 2.45) is 23.5 Å². The molecular formula is C17H32N2O. The fraction of sp³-hybridized carbons (Fsp3) is 0.941. The summed E-state index contributed by atoms with van der Waals surface area (Å²) in [5, 5.41) is 0. The third-order valence-electron chi connectivity index (χ3n) is 5.42. The molecule has 3 heteroatoms. The lowest BCUT2D eigenvalue weighted by atomic mass is 9.83. The van der Waals surface area contributed by atoms with Gasteiger partial charge in [-0.3, -0.25) is 4.79 Å². The topological polar surface area (TPSA) is 46.3 Å². The summed E-state index contributed by atoms with van der Waals surface area (Å²) in [4.78, 5) is 14.4. The van der Waals surface area contributed by atoms with E-state index in [0.29, 0.717) is 17.9 Å². The molecule has 1 heterocycles. The van der Waals surface area contributed by atoms with Crippen LogP contribution in [-0.4, -0.2) is 29.9 Å². The van der Waals surface area contributed by atoms with E-state index in [1.54, 1.807) is 0 Å². The van der Waals surface area contributed by atoms with E-state index in [0.717, 1.165) is 44.2 Å². The van der Waals surface area contributed by atoms with Gasteiger partial charge in [-0.1, -0.05) is 26.7 Å². The van der Waals surface area contributed by atoms with E-state index in [9.17, 15) is 4.79 Å². The first kappa shape index (κ1) is 15.8. The number of hydrogen-bond donors (Lipinski definition) is 1. The maximum Gasteiger partial charge on any atom is 0.222 e.